The zero-order valence-electron chi connectivity index (χ0n) is 10.9. The molecule has 1 amide bonds. The number of nitrogens with zero attached hydrogens (tertiary/aromatic N) is 2. The summed E-state index contributed by atoms with van der Waals surface area (Å²) in [4.78, 5) is 18.6. The van der Waals surface area contributed by atoms with Gasteiger partial charge in [-0.05, 0) is 39.7 Å². The Morgan fingerprint density at radius 3 is 2.94 bits per heavy atom. The van der Waals surface area contributed by atoms with E-state index in [1.807, 2.05) is 6.07 Å². The van der Waals surface area contributed by atoms with Crippen LogP contribution in [0.1, 0.15) is 48.3 Å². The zero-order valence-corrected chi connectivity index (χ0v) is 10.9. The second-order valence-electron chi connectivity index (χ2n) is 5.70. The van der Waals surface area contributed by atoms with Crippen LogP contribution >= 0.6 is 0 Å². The molecule has 0 aliphatic carbocycles. The molecule has 95 valence electrons. The summed E-state index contributed by atoms with van der Waals surface area (Å²) in [5, 5.41) is 2.83. The minimum atomic E-state index is -0.00412. The standard InChI is InChI=1S/C14H18N3O/c1-9-11-8-15-13(18)10(11)7-12(16-9)17-6-4-5-14(17,2)3/h7H,1,4-6,8H2,2-3H3,(H,15,18). The predicted molar refractivity (Wildman–Crippen MR) is 70.5 cm³/mol. The minimum Gasteiger partial charge on any atom is -0.351 e. The summed E-state index contributed by atoms with van der Waals surface area (Å²) < 4.78 is 0. The fraction of sp³-hybridized carbons (Fsp3) is 0.500. The highest BCUT2D eigenvalue weighted by Crippen LogP contribution is 2.34. The maximum atomic E-state index is 11.8. The van der Waals surface area contributed by atoms with Gasteiger partial charge in [0.1, 0.15) is 5.82 Å². The van der Waals surface area contributed by atoms with Crippen molar-refractivity contribution in [1.29, 1.82) is 0 Å². The molecular formula is C14H18N3O. The number of hydrogen-bond acceptors (Lipinski definition) is 3. The van der Waals surface area contributed by atoms with Crippen LogP contribution in [0.3, 0.4) is 0 Å². The Labute approximate surface area is 107 Å². The van der Waals surface area contributed by atoms with Gasteiger partial charge >= 0.3 is 0 Å². The van der Waals surface area contributed by atoms with E-state index in [1.165, 1.54) is 6.42 Å². The Morgan fingerprint density at radius 2 is 2.28 bits per heavy atom. The van der Waals surface area contributed by atoms with Crippen LogP contribution in [0.5, 0.6) is 0 Å². The van der Waals surface area contributed by atoms with Crippen LogP contribution in [0.15, 0.2) is 6.07 Å². The molecule has 1 saturated heterocycles. The molecule has 1 radical (unpaired) electrons. The largest absolute Gasteiger partial charge is 0.351 e. The molecule has 18 heavy (non-hydrogen) atoms. The first kappa shape index (κ1) is 11.5. The van der Waals surface area contributed by atoms with E-state index in [0.29, 0.717) is 6.54 Å². The van der Waals surface area contributed by atoms with E-state index in [1.54, 1.807) is 0 Å². The molecule has 0 spiro atoms. The third kappa shape index (κ3) is 1.59. The quantitative estimate of drug-likeness (QED) is 0.820. The highest BCUT2D eigenvalue weighted by Gasteiger charge is 2.34. The Bertz CT molecular complexity index is 522. The second-order valence-corrected chi connectivity index (χ2v) is 5.70. The van der Waals surface area contributed by atoms with E-state index in [0.717, 1.165) is 35.6 Å². The van der Waals surface area contributed by atoms with E-state index in [4.69, 9.17) is 0 Å². The van der Waals surface area contributed by atoms with E-state index < -0.39 is 0 Å². The van der Waals surface area contributed by atoms with Crippen LogP contribution in [0.25, 0.3) is 0 Å². The molecule has 0 saturated carbocycles. The van der Waals surface area contributed by atoms with E-state index in [9.17, 15) is 4.79 Å². The summed E-state index contributed by atoms with van der Waals surface area (Å²) in [6.07, 6.45) is 2.33. The molecule has 0 bridgehead atoms. The van der Waals surface area contributed by atoms with Crippen LogP contribution in [-0.4, -0.2) is 23.0 Å². The first-order valence-electron chi connectivity index (χ1n) is 6.41. The number of aromatic nitrogens is 1. The van der Waals surface area contributed by atoms with Gasteiger partial charge in [-0.3, -0.25) is 4.79 Å². The van der Waals surface area contributed by atoms with Gasteiger partial charge in [0.05, 0.1) is 0 Å². The number of anilines is 1. The third-order valence-corrected chi connectivity index (χ3v) is 4.04. The smallest absolute Gasteiger partial charge is 0.252 e. The van der Waals surface area contributed by atoms with E-state index in [-0.39, 0.29) is 11.4 Å². The Kier molecular flexibility index (Phi) is 2.37. The zero-order chi connectivity index (χ0) is 12.9. The summed E-state index contributed by atoms with van der Waals surface area (Å²) in [7, 11) is 0. The van der Waals surface area contributed by atoms with Crippen LogP contribution in [-0.2, 0) is 6.54 Å². The number of hydrogen-bond donors (Lipinski definition) is 1. The molecule has 0 unspecified atom stereocenters. The van der Waals surface area contributed by atoms with Crippen LogP contribution in [0.2, 0.25) is 0 Å². The van der Waals surface area contributed by atoms with Crippen molar-refractivity contribution in [3.8, 4) is 0 Å². The minimum absolute atomic E-state index is 0.00412. The van der Waals surface area contributed by atoms with Gasteiger partial charge in [-0.15, -0.1) is 0 Å². The molecule has 3 rings (SSSR count). The maximum Gasteiger partial charge on any atom is 0.252 e. The van der Waals surface area contributed by atoms with Crippen LogP contribution < -0.4 is 10.2 Å². The first-order valence-corrected chi connectivity index (χ1v) is 6.41. The molecule has 4 heteroatoms. The van der Waals surface area contributed by atoms with Crippen molar-refractivity contribution in [2.24, 2.45) is 0 Å². The second kappa shape index (κ2) is 3.70. The summed E-state index contributed by atoms with van der Waals surface area (Å²) >= 11 is 0. The Hall–Kier alpha value is -1.58. The summed E-state index contributed by atoms with van der Waals surface area (Å²) in [5.41, 5.74) is 2.53. The normalized spacial score (nSPS) is 21.1. The third-order valence-electron chi connectivity index (χ3n) is 4.04. The van der Waals surface area contributed by atoms with E-state index >= 15 is 0 Å². The lowest BCUT2D eigenvalue weighted by Gasteiger charge is -2.33. The van der Waals surface area contributed by atoms with Gasteiger partial charge < -0.3 is 10.2 Å². The van der Waals surface area contributed by atoms with Crippen molar-refractivity contribution in [1.82, 2.24) is 10.3 Å². The van der Waals surface area contributed by atoms with Gasteiger partial charge in [-0.2, -0.15) is 0 Å². The maximum absolute atomic E-state index is 11.8. The van der Waals surface area contributed by atoms with Crippen LogP contribution in [0, 0.1) is 6.92 Å². The van der Waals surface area contributed by atoms with Crippen LogP contribution in [0.4, 0.5) is 5.82 Å². The van der Waals surface area contributed by atoms with Gasteiger partial charge in [0.15, 0.2) is 0 Å². The van der Waals surface area contributed by atoms with Gasteiger partial charge in [-0.1, -0.05) is 0 Å². The number of rotatable bonds is 1. The fourth-order valence-corrected chi connectivity index (χ4v) is 2.94. The molecule has 4 nitrogen and oxygen atoms in total. The Balaban J connectivity index is 2.07. The average Bonchev–Trinajstić information content (AvgIpc) is 2.83. The molecule has 0 aromatic carbocycles. The molecule has 2 aliphatic rings. The van der Waals surface area contributed by atoms with Crippen molar-refractivity contribution >= 4 is 11.7 Å². The van der Waals surface area contributed by atoms with Gasteiger partial charge in [0, 0.05) is 35.4 Å². The van der Waals surface area contributed by atoms with Gasteiger partial charge in [0.25, 0.3) is 5.91 Å². The number of fused-ring (bicyclic) bond motifs is 1. The molecule has 1 aromatic rings. The number of pyridine rings is 1. The Morgan fingerprint density at radius 1 is 1.50 bits per heavy atom. The van der Waals surface area contributed by atoms with Crippen molar-refractivity contribution in [2.75, 3.05) is 11.4 Å². The van der Waals surface area contributed by atoms with Crippen molar-refractivity contribution in [3.63, 3.8) is 0 Å². The van der Waals surface area contributed by atoms with Gasteiger partial charge in [0.2, 0.25) is 0 Å². The van der Waals surface area contributed by atoms with E-state index in [2.05, 4.69) is 36.0 Å². The number of amides is 1. The summed E-state index contributed by atoms with van der Waals surface area (Å²) in [6, 6.07) is 1.92. The predicted octanol–water partition coefficient (Wildman–Crippen LogP) is 1.89. The van der Waals surface area contributed by atoms with Gasteiger partial charge in [-0.25, -0.2) is 4.98 Å². The average molecular weight is 244 g/mol. The number of carbonyl (C=O) groups is 1. The molecule has 1 N–H and O–H groups in total. The highest BCUT2D eigenvalue weighted by atomic mass is 16.1. The molecule has 1 fully saturated rings. The van der Waals surface area contributed by atoms with Crippen molar-refractivity contribution in [3.05, 3.63) is 29.8 Å². The van der Waals surface area contributed by atoms with Crippen molar-refractivity contribution in [2.45, 2.75) is 38.8 Å². The highest BCUT2D eigenvalue weighted by molar-refractivity contribution is 5.99. The lowest BCUT2D eigenvalue weighted by molar-refractivity contribution is 0.0965. The number of nitrogens with one attached hydrogen (secondary N) is 1. The molecule has 2 aliphatic heterocycles. The summed E-state index contributed by atoms with van der Waals surface area (Å²) in [6.45, 7) is 9.98. The molecule has 0 atom stereocenters. The lowest BCUT2D eigenvalue weighted by Crippen LogP contribution is -2.38. The monoisotopic (exact) mass is 244 g/mol. The summed E-state index contributed by atoms with van der Waals surface area (Å²) in [5.74, 6) is 0.883. The molecular weight excluding hydrogens is 226 g/mol. The lowest BCUT2D eigenvalue weighted by atomic mass is 10.0. The number of carbonyl (C=O) groups excluding carboxylic acids is 1. The molecule has 3 heterocycles. The SMILES string of the molecule is [CH2]c1nc(N2CCCC2(C)C)cc2c1CNC2=O. The van der Waals surface area contributed by atoms with Crippen molar-refractivity contribution < 1.29 is 4.79 Å². The fourth-order valence-electron chi connectivity index (χ4n) is 2.94. The first-order chi connectivity index (χ1) is 8.49. The molecule has 1 aromatic heterocycles. The topological polar surface area (TPSA) is 45.2 Å².